The average molecular weight is 500 g/mol. The molecule has 7 nitrogen and oxygen atoms in total. The number of imide groups is 1. The smallest absolute Gasteiger partial charge is 0.294 e. The van der Waals surface area contributed by atoms with Gasteiger partial charge in [-0.05, 0) is 43.5 Å². The fourth-order valence-corrected chi connectivity index (χ4v) is 4.37. The van der Waals surface area contributed by atoms with Crippen molar-refractivity contribution in [2.45, 2.75) is 40.0 Å². The van der Waals surface area contributed by atoms with Gasteiger partial charge in [0.25, 0.3) is 17.2 Å². The van der Waals surface area contributed by atoms with Crippen molar-refractivity contribution in [1.29, 1.82) is 0 Å². The van der Waals surface area contributed by atoms with E-state index in [-0.39, 0.29) is 23.4 Å². The molecule has 0 saturated heterocycles. The number of amides is 2. The van der Waals surface area contributed by atoms with Gasteiger partial charge in [0.05, 0.1) is 21.3 Å². The van der Waals surface area contributed by atoms with Crippen LogP contribution in [-0.4, -0.2) is 33.0 Å². The molecule has 1 N–H and O–H groups in total. The van der Waals surface area contributed by atoms with E-state index in [0.29, 0.717) is 34.3 Å². The Hall–Kier alpha value is -3.16. The Morgan fingerprint density at radius 2 is 1.65 bits per heavy atom. The number of aromatic amines is 1. The number of benzene rings is 1. The van der Waals surface area contributed by atoms with Gasteiger partial charge in [-0.3, -0.25) is 24.4 Å². The largest absolute Gasteiger partial charge is 0.326 e. The molecule has 0 bridgehead atoms. The van der Waals surface area contributed by atoms with Crippen LogP contribution in [0.2, 0.25) is 10.0 Å². The van der Waals surface area contributed by atoms with Crippen LogP contribution in [0.4, 0.5) is 0 Å². The summed E-state index contributed by atoms with van der Waals surface area (Å²) < 4.78 is 2.96. The summed E-state index contributed by atoms with van der Waals surface area (Å²) in [5.74, 6) is -0.885. The Balaban J connectivity index is 2.00. The molecule has 0 aliphatic carbocycles. The van der Waals surface area contributed by atoms with Crippen molar-refractivity contribution in [3.05, 3.63) is 79.9 Å². The number of aryl methyl sites for hydroxylation is 2. The maximum Gasteiger partial charge on any atom is 0.326 e. The molecule has 176 valence electrons. The van der Waals surface area contributed by atoms with Crippen LogP contribution >= 0.6 is 23.2 Å². The van der Waals surface area contributed by atoms with E-state index in [0.717, 1.165) is 12.0 Å². The van der Waals surface area contributed by atoms with Crippen LogP contribution in [0.15, 0.2) is 47.5 Å². The number of nitrogens with one attached hydrogen (secondary N) is 1. The Morgan fingerprint density at radius 1 is 0.941 bits per heavy atom. The van der Waals surface area contributed by atoms with Gasteiger partial charge in [0.1, 0.15) is 5.57 Å². The summed E-state index contributed by atoms with van der Waals surface area (Å²) in [5.41, 5.74) is 2.13. The molecule has 0 saturated carbocycles. The van der Waals surface area contributed by atoms with Crippen molar-refractivity contribution < 1.29 is 14.2 Å². The highest BCUT2D eigenvalue weighted by Crippen LogP contribution is 2.31. The third kappa shape index (κ3) is 4.10. The van der Waals surface area contributed by atoms with Crippen LogP contribution in [0.3, 0.4) is 0 Å². The van der Waals surface area contributed by atoms with Gasteiger partial charge in [0, 0.05) is 24.4 Å². The minimum absolute atomic E-state index is 0.107. The SMILES string of the molecule is CCCc1[nH]n(-c2ccc(Cl)c(Cl)c2)c(=O)c1C1=C([n+]2ccc(C)cc2)C(=O)N(CCC)C1=O. The van der Waals surface area contributed by atoms with Crippen molar-refractivity contribution in [2.75, 3.05) is 6.54 Å². The maximum absolute atomic E-state index is 13.7. The van der Waals surface area contributed by atoms with Gasteiger partial charge in [-0.25, -0.2) is 4.68 Å². The first-order valence-corrected chi connectivity index (χ1v) is 11.9. The second-order valence-electron chi connectivity index (χ2n) is 8.22. The molecule has 0 radical (unpaired) electrons. The lowest BCUT2D eigenvalue weighted by atomic mass is 10.0. The molecule has 0 spiro atoms. The number of carbonyl (C=O) groups excluding carboxylic acids is 2. The fraction of sp³-hybridized carbons (Fsp3) is 0.280. The normalized spacial score (nSPS) is 14.0. The first-order chi connectivity index (χ1) is 16.3. The molecule has 1 aliphatic heterocycles. The van der Waals surface area contributed by atoms with Gasteiger partial charge in [-0.1, -0.05) is 43.5 Å². The third-order valence-electron chi connectivity index (χ3n) is 5.72. The zero-order chi connectivity index (χ0) is 24.6. The molecule has 0 fully saturated rings. The van der Waals surface area contributed by atoms with Crippen molar-refractivity contribution in [3.63, 3.8) is 0 Å². The Morgan fingerprint density at radius 3 is 2.26 bits per heavy atom. The molecular formula is C25H25Cl2N4O3+. The van der Waals surface area contributed by atoms with Gasteiger partial charge in [0.15, 0.2) is 12.4 Å². The van der Waals surface area contributed by atoms with Gasteiger partial charge in [-0.15, -0.1) is 0 Å². The summed E-state index contributed by atoms with van der Waals surface area (Å²) in [6, 6.07) is 8.55. The number of carbonyl (C=O) groups is 2. The molecule has 0 unspecified atom stereocenters. The summed E-state index contributed by atoms with van der Waals surface area (Å²) in [7, 11) is 0. The van der Waals surface area contributed by atoms with Gasteiger partial charge in [0.2, 0.25) is 0 Å². The number of pyridine rings is 1. The molecule has 4 rings (SSSR count). The third-order valence-corrected chi connectivity index (χ3v) is 6.46. The molecule has 3 aromatic rings. The van der Waals surface area contributed by atoms with Gasteiger partial charge >= 0.3 is 5.91 Å². The van der Waals surface area contributed by atoms with E-state index in [4.69, 9.17) is 23.2 Å². The summed E-state index contributed by atoms with van der Waals surface area (Å²) in [6.45, 7) is 6.08. The van der Waals surface area contributed by atoms with E-state index in [1.54, 1.807) is 35.2 Å². The molecule has 34 heavy (non-hydrogen) atoms. The van der Waals surface area contributed by atoms with E-state index >= 15 is 0 Å². The molecule has 1 aromatic carbocycles. The number of rotatable bonds is 7. The van der Waals surface area contributed by atoms with Crippen molar-refractivity contribution in [2.24, 2.45) is 0 Å². The monoisotopic (exact) mass is 499 g/mol. The van der Waals surface area contributed by atoms with Crippen molar-refractivity contribution in [3.8, 4) is 5.69 Å². The van der Waals surface area contributed by atoms with E-state index in [9.17, 15) is 14.4 Å². The highest BCUT2D eigenvalue weighted by Gasteiger charge is 2.47. The number of hydrogen-bond acceptors (Lipinski definition) is 3. The summed E-state index contributed by atoms with van der Waals surface area (Å²) in [5, 5.41) is 3.80. The zero-order valence-electron chi connectivity index (χ0n) is 19.2. The van der Waals surface area contributed by atoms with Crippen molar-refractivity contribution >= 4 is 46.3 Å². The molecule has 2 aromatic heterocycles. The first kappa shape index (κ1) is 24.0. The first-order valence-electron chi connectivity index (χ1n) is 11.2. The van der Waals surface area contributed by atoms with Crippen LogP contribution in [0.5, 0.6) is 0 Å². The lowest BCUT2D eigenvalue weighted by Gasteiger charge is -2.11. The van der Waals surface area contributed by atoms with Gasteiger partial charge in [-0.2, -0.15) is 4.57 Å². The minimum Gasteiger partial charge on any atom is -0.294 e. The lowest BCUT2D eigenvalue weighted by Crippen LogP contribution is -2.39. The van der Waals surface area contributed by atoms with Crippen LogP contribution < -0.4 is 10.1 Å². The predicted molar refractivity (Wildman–Crippen MR) is 132 cm³/mol. The Labute approximate surface area is 207 Å². The van der Waals surface area contributed by atoms with Crippen LogP contribution in [0, 0.1) is 6.92 Å². The summed E-state index contributed by atoms with van der Waals surface area (Å²) >= 11 is 12.2. The number of nitrogens with zero attached hydrogens (tertiary/aromatic N) is 3. The number of halogens is 2. The lowest BCUT2D eigenvalue weighted by molar-refractivity contribution is -0.577. The van der Waals surface area contributed by atoms with E-state index in [2.05, 4.69) is 5.10 Å². The van der Waals surface area contributed by atoms with Crippen molar-refractivity contribution in [1.82, 2.24) is 14.7 Å². The zero-order valence-corrected chi connectivity index (χ0v) is 20.7. The fourth-order valence-electron chi connectivity index (χ4n) is 4.08. The Kier molecular flexibility index (Phi) is 6.77. The van der Waals surface area contributed by atoms with E-state index in [1.165, 1.54) is 9.58 Å². The highest BCUT2D eigenvalue weighted by molar-refractivity contribution is 6.44. The molecule has 2 amide bonds. The number of H-pyrrole nitrogens is 1. The molecule has 0 atom stereocenters. The number of hydrogen-bond donors (Lipinski definition) is 1. The average Bonchev–Trinajstić information content (AvgIpc) is 3.25. The standard InChI is InChI=1S/C25H24Cl2N4O3/c1-4-6-19-20(24(33)31(28-19)16-7-8-17(26)18(27)14-16)21-22(29-12-9-15(3)10-13-29)25(34)30(11-5-2)23(21)32/h7-10,12-14H,4-6,11H2,1-3H3/p+1. The molecule has 1 aliphatic rings. The van der Waals surface area contributed by atoms with E-state index < -0.39 is 17.4 Å². The van der Waals surface area contributed by atoms with Crippen LogP contribution in [0.25, 0.3) is 17.0 Å². The summed E-state index contributed by atoms with van der Waals surface area (Å²) in [6.07, 6.45) is 5.32. The Bertz CT molecular complexity index is 1370. The quantitative estimate of drug-likeness (QED) is 0.391. The molecule has 9 heteroatoms. The van der Waals surface area contributed by atoms with Crippen LogP contribution in [0.1, 0.15) is 43.5 Å². The topological polar surface area (TPSA) is 79.1 Å². The second kappa shape index (κ2) is 9.60. The number of aromatic nitrogens is 3. The predicted octanol–water partition coefficient (Wildman–Crippen LogP) is 4.17. The summed E-state index contributed by atoms with van der Waals surface area (Å²) in [4.78, 5) is 41.9. The second-order valence-corrected chi connectivity index (χ2v) is 9.04. The maximum atomic E-state index is 13.7. The molecular weight excluding hydrogens is 475 g/mol. The molecule has 3 heterocycles. The van der Waals surface area contributed by atoms with E-state index in [1.807, 2.05) is 32.9 Å². The van der Waals surface area contributed by atoms with Crippen LogP contribution in [-0.2, 0) is 16.0 Å². The van der Waals surface area contributed by atoms with Gasteiger partial charge < -0.3 is 0 Å². The highest BCUT2D eigenvalue weighted by atomic mass is 35.5. The minimum atomic E-state index is -0.468.